The van der Waals surface area contributed by atoms with Gasteiger partial charge in [0.1, 0.15) is 5.69 Å². The smallest absolute Gasteiger partial charge is 0.305 e. The van der Waals surface area contributed by atoms with Gasteiger partial charge in [0.2, 0.25) is 10.0 Å². The number of anilines is 1. The van der Waals surface area contributed by atoms with E-state index in [4.69, 9.17) is 0 Å². The minimum atomic E-state index is -3.70. The van der Waals surface area contributed by atoms with Gasteiger partial charge in [-0.15, -0.1) is 0 Å². The number of rotatable bonds is 10. The van der Waals surface area contributed by atoms with Crippen LogP contribution >= 0.6 is 0 Å². The molecule has 150 valence electrons. The van der Waals surface area contributed by atoms with Gasteiger partial charge in [0.05, 0.1) is 16.9 Å². The van der Waals surface area contributed by atoms with Crippen molar-refractivity contribution in [1.29, 1.82) is 0 Å². The van der Waals surface area contributed by atoms with E-state index in [-0.39, 0.29) is 22.2 Å². The molecule has 0 bridgehead atoms. The summed E-state index contributed by atoms with van der Waals surface area (Å²) in [5.41, 5.74) is 0.0261. The lowest BCUT2D eigenvalue weighted by atomic mass is 10.2. The first kappa shape index (κ1) is 21.1. The zero-order chi connectivity index (χ0) is 19.9. The van der Waals surface area contributed by atoms with Gasteiger partial charge in [0, 0.05) is 32.1 Å². The van der Waals surface area contributed by atoms with Crippen molar-refractivity contribution in [2.24, 2.45) is 0 Å². The molecule has 1 aromatic rings. The van der Waals surface area contributed by atoms with Crippen LogP contribution in [0.3, 0.4) is 0 Å². The normalized spacial score (nSPS) is 14.9. The van der Waals surface area contributed by atoms with E-state index in [1.807, 2.05) is 0 Å². The van der Waals surface area contributed by atoms with E-state index in [2.05, 4.69) is 10.1 Å². The van der Waals surface area contributed by atoms with Crippen molar-refractivity contribution in [2.45, 2.75) is 43.4 Å². The number of unbranched alkanes of at least 4 members (excludes halogenated alkanes) is 2. The van der Waals surface area contributed by atoms with Gasteiger partial charge in [-0.1, -0.05) is 6.42 Å². The summed E-state index contributed by atoms with van der Waals surface area (Å²) in [5.74, 6) is -0.256. The Morgan fingerprint density at radius 2 is 1.96 bits per heavy atom. The fourth-order valence-electron chi connectivity index (χ4n) is 2.95. The van der Waals surface area contributed by atoms with Gasteiger partial charge < -0.3 is 10.1 Å². The van der Waals surface area contributed by atoms with Crippen molar-refractivity contribution in [2.75, 3.05) is 32.1 Å². The number of sulfonamides is 1. The largest absolute Gasteiger partial charge is 0.469 e. The van der Waals surface area contributed by atoms with Crippen LogP contribution in [0.25, 0.3) is 0 Å². The fourth-order valence-corrected chi connectivity index (χ4v) is 4.48. The topological polar surface area (TPSA) is 119 Å². The van der Waals surface area contributed by atoms with Crippen molar-refractivity contribution >= 4 is 27.4 Å². The predicted octanol–water partition coefficient (Wildman–Crippen LogP) is 2.52. The van der Waals surface area contributed by atoms with E-state index in [1.54, 1.807) is 0 Å². The van der Waals surface area contributed by atoms with Crippen LogP contribution in [0.4, 0.5) is 11.4 Å². The Labute approximate surface area is 158 Å². The molecule has 0 aromatic heterocycles. The molecule has 0 unspecified atom stereocenters. The highest BCUT2D eigenvalue weighted by molar-refractivity contribution is 7.89. The van der Waals surface area contributed by atoms with Crippen molar-refractivity contribution in [3.05, 3.63) is 28.3 Å². The van der Waals surface area contributed by atoms with E-state index < -0.39 is 14.9 Å². The molecule has 1 heterocycles. The maximum atomic E-state index is 12.6. The summed E-state index contributed by atoms with van der Waals surface area (Å²) < 4.78 is 31.1. The van der Waals surface area contributed by atoms with E-state index in [0.29, 0.717) is 32.5 Å². The molecule has 10 heteroatoms. The minimum absolute atomic E-state index is 0.0558. The van der Waals surface area contributed by atoms with Gasteiger partial charge in [-0.2, -0.15) is 4.31 Å². The molecule has 27 heavy (non-hydrogen) atoms. The van der Waals surface area contributed by atoms with Crippen LogP contribution in [0.5, 0.6) is 0 Å². The lowest BCUT2D eigenvalue weighted by Gasteiger charge is -2.16. The number of nitrogens with one attached hydrogen (secondary N) is 1. The zero-order valence-corrected chi connectivity index (χ0v) is 16.2. The molecule has 0 amide bonds. The van der Waals surface area contributed by atoms with Crippen molar-refractivity contribution in [3.8, 4) is 0 Å². The van der Waals surface area contributed by atoms with Crippen LogP contribution in [0.1, 0.15) is 38.5 Å². The molecule has 0 atom stereocenters. The minimum Gasteiger partial charge on any atom is -0.469 e. The van der Waals surface area contributed by atoms with E-state index in [0.717, 1.165) is 31.7 Å². The molecule has 1 saturated heterocycles. The van der Waals surface area contributed by atoms with E-state index >= 15 is 0 Å². The Balaban J connectivity index is 1.99. The lowest BCUT2D eigenvalue weighted by molar-refractivity contribution is -0.384. The summed E-state index contributed by atoms with van der Waals surface area (Å²) in [6, 6.07) is 3.96. The lowest BCUT2D eigenvalue weighted by Crippen LogP contribution is -2.27. The average Bonchev–Trinajstić information content (AvgIpc) is 3.19. The number of nitro benzene ring substituents is 1. The van der Waals surface area contributed by atoms with Gasteiger partial charge in [-0.05, 0) is 37.8 Å². The molecule has 2 rings (SSSR count). The second kappa shape index (κ2) is 9.65. The van der Waals surface area contributed by atoms with Crippen LogP contribution in [0.15, 0.2) is 23.1 Å². The zero-order valence-electron chi connectivity index (χ0n) is 15.3. The van der Waals surface area contributed by atoms with Crippen LogP contribution < -0.4 is 5.32 Å². The number of nitrogens with zero attached hydrogens (tertiary/aromatic N) is 2. The Morgan fingerprint density at radius 3 is 2.59 bits per heavy atom. The molecule has 9 nitrogen and oxygen atoms in total. The summed E-state index contributed by atoms with van der Waals surface area (Å²) in [6.07, 6.45) is 4.14. The van der Waals surface area contributed by atoms with E-state index in [1.165, 1.54) is 23.5 Å². The fraction of sp³-hybridized carbons (Fsp3) is 0.588. The number of benzene rings is 1. The molecular weight excluding hydrogens is 374 g/mol. The number of nitro groups is 1. The number of carbonyl (C=O) groups excluding carboxylic acids is 1. The van der Waals surface area contributed by atoms with Crippen LogP contribution in [0.2, 0.25) is 0 Å². The van der Waals surface area contributed by atoms with Gasteiger partial charge in [-0.25, -0.2) is 8.42 Å². The summed E-state index contributed by atoms with van der Waals surface area (Å²) in [6.45, 7) is 1.38. The number of hydrogen-bond acceptors (Lipinski definition) is 7. The van der Waals surface area contributed by atoms with Gasteiger partial charge in [-0.3, -0.25) is 14.9 Å². The average molecular weight is 399 g/mol. The highest BCUT2D eigenvalue weighted by Gasteiger charge is 2.29. The van der Waals surface area contributed by atoms with Crippen molar-refractivity contribution in [3.63, 3.8) is 0 Å². The highest BCUT2D eigenvalue weighted by Crippen LogP contribution is 2.30. The third kappa shape index (κ3) is 5.64. The van der Waals surface area contributed by atoms with Gasteiger partial charge in [0.15, 0.2) is 0 Å². The summed E-state index contributed by atoms with van der Waals surface area (Å²) >= 11 is 0. The Morgan fingerprint density at radius 1 is 1.26 bits per heavy atom. The van der Waals surface area contributed by atoms with Crippen molar-refractivity contribution in [1.82, 2.24) is 4.31 Å². The van der Waals surface area contributed by atoms with E-state index in [9.17, 15) is 23.3 Å². The SMILES string of the molecule is COC(=O)CCCCCNc1ccc(S(=O)(=O)N2CCCC2)cc1[N+](=O)[O-]. The predicted molar refractivity (Wildman–Crippen MR) is 100 cm³/mol. The first-order valence-electron chi connectivity index (χ1n) is 8.95. The molecule has 1 aromatic carbocycles. The Bertz CT molecular complexity index is 775. The standard InChI is InChI=1S/C17H25N3O6S/c1-26-17(21)7-3-2-4-10-18-15-9-8-14(13-16(15)20(22)23)27(24,25)19-11-5-6-12-19/h8-9,13,18H,2-7,10-12H2,1H3. The Kier molecular flexibility index (Phi) is 7.55. The molecule has 1 aliphatic rings. The molecule has 1 N–H and O–H groups in total. The third-order valence-corrected chi connectivity index (χ3v) is 6.36. The number of ether oxygens (including phenoxy) is 1. The van der Waals surface area contributed by atoms with Crippen LogP contribution in [-0.4, -0.2) is 50.4 Å². The molecule has 1 fully saturated rings. The molecule has 0 saturated carbocycles. The van der Waals surface area contributed by atoms with Gasteiger partial charge >= 0.3 is 5.97 Å². The molecule has 0 spiro atoms. The third-order valence-electron chi connectivity index (χ3n) is 4.47. The second-order valence-electron chi connectivity index (χ2n) is 6.36. The molecule has 0 radical (unpaired) electrons. The second-order valence-corrected chi connectivity index (χ2v) is 8.30. The summed E-state index contributed by atoms with van der Waals surface area (Å²) in [4.78, 5) is 21.8. The first-order chi connectivity index (χ1) is 12.9. The number of esters is 1. The molecule has 1 aliphatic heterocycles. The van der Waals surface area contributed by atoms with Crippen LogP contribution in [0, 0.1) is 10.1 Å². The highest BCUT2D eigenvalue weighted by atomic mass is 32.2. The van der Waals surface area contributed by atoms with Crippen LogP contribution in [-0.2, 0) is 19.6 Å². The summed E-state index contributed by atoms with van der Waals surface area (Å²) in [7, 11) is -2.35. The number of carbonyl (C=O) groups is 1. The molecule has 0 aliphatic carbocycles. The quantitative estimate of drug-likeness (QED) is 0.278. The molecular formula is C17H25N3O6S. The Hall–Kier alpha value is -2.20. The first-order valence-corrected chi connectivity index (χ1v) is 10.4. The monoisotopic (exact) mass is 399 g/mol. The number of methoxy groups -OCH3 is 1. The summed E-state index contributed by atoms with van der Waals surface area (Å²) in [5, 5.41) is 14.3. The van der Waals surface area contributed by atoms with Gasteiger partial charge in [0.25, 0.3) is 5.69 Å². The van der Waals surface area contributed by atoms with Crippen molar-refractivity contribution < 1.29 is 22.9 Å². The maximum Gasteiger partial charge on any atom is 0.305 e. The number of hydrogen-bond donors (Lipinski definition) is 1. The maximum absolute atomic E-state index is 12.6.